The number of benzene rings is 1. The summed E-state index contributed by atoms with van der Waals surface area (Å²) in [4.78, 5) is 23.1. The molecule has 0 N–H and O–H groups in total. The van der Waals surface area contributed by atoms with Gasteiger partial charge in [-0.15, -0.1) is 0 Å². The molecule has 1 amide bonds. The fourth-order valence-electron chi connectivity index (χ4n) is 3.36. The Kier molecular flexibility index (Phi) is 7.00. The largest absolute Gasteiger partial charge is 0.497 e. The van der Waals surface area contributed by atoms with Crippen molar-refractivity contribution in [3.05, 3.63) is 30.2 Å². The molecule has 1 aliphatic rings. The van der Waals surface area contributed by atoms with Gasteiger partial charge < -0.3 is 14.2 Å². The predicted molar refractivity (Wildman–Crippen MR) is 106 cm³/mol. The summed E-state index contributed by atoms with van der Waals surface area (Å²) in [6.45, 7) is 10.2. The highest BCUT2D eigenvalue weighted by atomic mass is 16.5. The molecule has 2 aromatic rings. The van der Waals surface area contributed by atoms with Gasteiger partial charge in [0.2, 0.25) is 17.6 Å². The summed E-state index contributed by atoms with van der Waals surface area (Å²) in [5, 5.41) is 4.09. The van der Waals surface area contributed by atoms with Gasteiger partial charge in [-0.1, -0.05) is 17.3 Å². The number of aromatic nitrogens is 2. The fraction of sp³-hybridized carbons (Fsp3) is 0.550. The van der Waals surface area contributed by atoms with Gasteiger partial charge in [0.05, 0.1) is 20.2 Å². The summed E-state index contributed by atoms with van der Waals surface area (Å²) < 4.78 is 10.7. The van der Waals surface area contributed by atoms with Gasteiger partial charge >= 0.3 is 0 Å². The Morgan fingerprint density at radius 1 is 1.18 bits per heavy atom. The molecule has 1 saturated heterocycles. The van der Waals surface area contributed by atoms with Gasteiger partial charge in [-0.3, -0.25) is 14.6 Å². The fourth-order valence-corrected chi connectivity index (χ4v) is 3.36. The predicted octanol–water partition coefficient (Wildman–Crippen LogP) is 1.73. The van der Waals surface area contributed by atoms with Crippen LogP contribution in [0.3, 0.4) is 0 Å². The second-order valence-electron chi connectivity index (χ2n) is 6.86. The zero-order valence-corrected chi connectivity index (χ0v) is 16.9. The number of hydrogen-bond donors (Lipinski definition) is 0. The smallest absolute Gasteiger partial charge is 0.241 e. The number of ether oxygens (including phenoxy) is 1. The Morgan fingerprint density at radius 2 is 1.89 bits per heavy atom. The van der Waals surface area contributed by atoms with Gasteiger partial charge in [-0.2, -0.15) is 4.98 Å². The molecule has 8 nitrogen and oxygen atoms in total. The molecule has 1 fully saturated rings. The Bertz CT molecular complexity index is 767. The van der Waals surface area contributed by atoms with Crippen LogP contribution in [0.25, 0.3) is 11.4 Å². The zero-order chi connectivity index (χ0) is 19.9. The number of rotatable bonds is 8. The van der Waals surface area contributed by atoms with Gasteiger partial charge in [0.25, 0.3) is 0 Å². The molecule has 3 rings (SSSR count). The number of methoxy groups -OCH3 is 1. The number of piperazine rings is 1. The van der Waals surface area contributed by atoms with Crippen molar-refractivity contribution in [2.75, 3.05) is 52.9 Å². The lowest BCUT2D eigenvalue weighted by Gasteiger charge is -2.34. The highest BCUT2D eigenvalue weighted by Crippen LogP contribution is 2.21. The van der Waals surface area contributed by atoms with Crippen molar-refractivity contribution < 1.29 is 14.1 Å². The Balaban J connectivity index is 1.50. The lowest BCUT2D eigenvalue weighted by atomic mass is 10.2. The van der Waals surface area contributed by atoms with E-state index in [-0.39, 0.29) is 5.91 Å². The van der Waals surface area contributed by atoms with Crippen LogP contribution >= 0.6 is 0 Å². The molecule has 28 heavy (non-hydrogen) atoms. The molecule has 0 atom stereocenters. The van der Waals surface area contributed by atoms with Crippen molar-refractivity contribution in [1.29, 1.82) is 0 Å². The highest BCUT2D eigenvalue weighted by Gasteiger charge is 2.22. The second-order valence-corrected chi connectivity index (χ2v) is 6.86. The van der Waals surface area contributed by atoms with E-state index in [1.54, 1.807) is 7.11 Å². The lowest BCUT2D eigenvalue weighted by Crippen LogP contribution is -2.49. The third-order valence-electron chi connectivity index (χ3n) is 5.09. The third kappa shape index (κ3) is 5.08. The van der Waals surface area contributed by atoms with Crippen LogP contribution in [0.15, 0.2) is 28.8 Å². The van der Waals surface area contributed by atoms with Gasteiger partial charge in [0.1, 0.15) is 5.75 Å². The number of carbonyl (C=O) groups is 1. The maximum absolute atomic E-state index is 12.3. The summed E-state index contributed by atoms with van der Waals surface area (Å²) in [6, 6.07) is 7.61. The Morgan fingerprint density at radius 3 is 2.57 bits per heavy atom. The molecule has 0 saturated carbocycles. The van der Waals surface area contributed by atoms with Crippen molar-refractivity contribution in [1.82, 2.24) is 24.8 Å². The van der Waals surface area contributed by atoms with Crippen LogP contribution in [0.2, 0.25) is 0 Å². The maximum Gasteiger partial charge on any atom is 0.241 e. The zero-order valence-electron chi connectivity index (χ0n) is 16.9. The van der Waals surface area contributed by atoms with Crippen molar-refractivity contribution >= 4 is 5.91 Å². The van der Waals surface area contributed by atoms with E-state index in [1.807, 2.05) is 43.0 Å². The van der Waals surface area contributed by atoms with E-state index in [4.69, 9.17) is 9.26 Å². The summed E-state index contributed by atoms with van der Waals surface area (Å²) in [7, 11) is 1.63. The van der Waals surface area contributed by atoms with Crippen molar-refractivity contribution in [2.24, 2.45) is 0 Å². The Labute approximate surface area is 166 Å². The van der Waals surface area contributed by atoms with Crippen molar-refractivity contribution in [3.8, 4) is 17.1 Å². The third-order valence-corrected chi connectivity index (χ3v) is 5.09. The highest BCUT2D eigenvalue weighted by molar-refractivity contribution is 5.78. The molecule has 1 aromatic carbocycles. The van der Waals surface area contributed by atoms with E-state index in [0.717, 1.165) is 50.6 Å². The molecule has 1 aliphatic heterocycles. The molecule has 0 aliphatic carbocycles. The first-order chi connectivity index (χ1) is 13.6. The summed E-state index contributed by atoms with van der Waals surface area (Å²) in [6.07, 6.45) is 0. The first-order valence-electron chi connectivity index (χ1n) is 9.82. The van der Waals surface area contributed by atoms with E-state index >= 15 is 0 Å². The molecular weight excluding hydrogens is 358 g/mol. The first kappa shape index (κ1) is 20.3. The molecule has 2 heterocycles. The monoisotopic (exact) mass is 387 g/mol. The topological polar surface area (TPSA) is 74.9 Å². The number of likely N-dealkylation sites (N-methyl/N-ethyl adjacent to an activating group) is 1. The van der Waals surface area contributed by atoms with E-state index in [1.165, 1.54) is 0 Å². The van der Waals surface area contributed by atoms with E-state index in [9.17, 15) is 4.79 Å². The first-order valence-corrected chi connectivity index (χ1v) is 9.82. The lowest BCUT2D eigenvalue weighted by molar-refractivity contribution is -0.132. The van der Waals surface area contributed by atoms with E-state index < -0.39 is 0 Å². The molecule has 0 radical (unpaired) electrons. The number of amides is 1. The minimum atomic E-state index is 0.207. The van der Waals surface area contributed by atoms with Crippen LogP contribution < -0.4 is 4.74 Å². The standard InChI is InChI=1S/C20H29N5O3/c1-4-25(5-2)19(26)15-24-11-9-23(10-12-24)14-18-21-20(22-28-18)16-7-6-8-17(13-16)27-3/h6-8,13H,4-5,9-12,14-15H2,1-3H3. The van der Waals surface area contributed by atoms with Crippen LogP contribution in [0.5, 0.6) is 5.75 Å². The minimum Gasteiger partial charge on any atom is -0.497 e. The van der Waals surface area contributed by atoms with E-state index in [2.05, 4.69) is 19.9 Å². The molecule has 0 bridgehead atoms. The average Bonchev–Trinajstić information content (AvgIpc) is 3.19. The normalized spacial score (nSPS) is 15.5. The summed E-state index contributed by atoms with van der Waals surface area (Å²) in [5.74, 6) is 2.14. The molecule has 0 unspecified atom stereocenters. The second kappa shape index (κ2) is 9.66. The van der Waals surface area contributed by atoms with Crippen LogP contribution in [0.1, 0.15) is 19.7 Å². The van der Waals surface area contributed by atoms with Crippen LogP contribution in [0.4, 0.5) is 0 Å². The average molecular weight is 387 g/mol. The summed E-state index contributed by atoms with van der Waals surface area (Å²) >= 11 is 0. The number of carbonyl (C=O) groups excluding carboxylic acids is 1. The van der Waals surface area contributed by atoms with Gasteiger partial charge in [-0.05, 0) is 26.0 Å². The van der Waals surface area contributed by atoms with Crippen LogP contribution in [-0.2, 0) is 11.3 Å². The SMILES string of the molecule is CCN(CC)C(=O)CN1CCN(Cc2nc(-c3cccc(OC)c3)no2)CC1. The summed E-state index contributed by atoms with van der Waals surface area (Å²) in [5.41, 5.74) is 0.870. The van der Waals surface area contributed by atoms with Crippen molar-refractivity contribution in [2.45, 2.75) is 20.4 Å². The van der Waals surface area contributed by atoms with Gasteiger partial charge in [0, 0.05) is 44.8 Å². The van der Waals surface area contributed by atoms with Crippen molar-refractivity contribution in [3.63, 3.8) is 0 Å². The molecule has 152 valence electrons. The molecule has 0 spiro atoms. The molecule has 8 heteroatoms. The van der Waals surface area contributed by atoms with Crippen LogP contribution in [0, 0.1) is 0 Å². The van der Waals surface area contributed by atoms with E-state index in [0.29, 0.717) is 24.8 Å². The number of nitrogens with zero attached hydrogens (tertiary/aromatic N) is 5. The van der Waals surface area contributed by atoms with Gasteiger partial charge in [-0.25, -0.2) is 0 Å². The maximum atomic E-state index is 12.3. The number of hydrogen-bond acceptors (Lipinski definition) is 7. The minimum absolute atomic E-state index is 0.207. The Hall–Kier alpha value is -2.45. The molecule has 1 aromatic heterocycles. The quantitative estimate of drug-likeness (QED) is 0.683. The molecular formula is C20H29N5O3. The van der Waals surface area contributed by atoms with Crippen LogP contribution in [-0.4, -0.2) is 83.7 Å². The van der Waals surface area contributed by atoms with Gasteiger partial charge in [0.15, 0.2) is 0 Å².